The quantitative estimate of drug-likeness (QED) is 0.799. The summed E-state index contributed by atoms with van der Waals surface area (Å²) in [5.74, 6) is -0.290. The molecule has 1 heterocycles. The Morgan fingerprint density at radius 2 is 1.81 bits per heavy atom. The molecule has 1 aromatic rings. The first-order chi connectivity index (χ1) is 12.4. The lowest BCUT2D eigenvalue weighted by Crippen LogP contribution is -2.48. The normalized spacial score (nSPS) is 21.6. The number of rotatable bonds is 7. The number of hydrogen-bond acceptors (Lipinski definition) is 4. The first kappa shape index (κ1) is 19.3. The molecule has 0 aromatic heterocycles. The standard InChI is InChI=1S/C20H31FN4O/c1-23(2)18(16-4-6-17(21)7-5-16)19(26)22-14-20(8-9-20)15-25-12-10-24(3)11-13-25/h4-7,18H,8-15H2,1-3H3,(H,22,26)/t18-/m0/s1. The second-order valence-corrected chi connectivity index (χ2v) is 8.21. The van der Waals surface area contributed by atoms with Crippen molar-refractivity contribution in [2.24, 2.45) is 5.41 Å². The molecule has 144 valence electrons. The van der Waals surface area contributed by atoms with Gasteiger partial charge in [-0.05, 0) is 51.7 Å². The predicted octanol–water partition coefficient (Wildman–Crippen LogP) is 1.57. The van der Waals surface area contributed by atoms with Gasteiger partial charge >= 0.3 is 0 Å². The number of benzene rings is 1. The Morgan fingerprint density at radius 1 is 1.19 bits per heavy atom. The summed E-state index contributed by atoms with van der Waals surface area (Å²) in [5.41, 5.74) is 1.06. The number of hydrogen-bond donors (Lipinski definition) is 1. The van der Waals surface area contributed by atoms with Gasteiger partial charge in [0.05, 0.1) is 0 Å². The van der Waals surface area contributed by atoms with Gasteiger partial charge in [-0.25, -0.2) is 4.39 Å². The maximum atomic E-state index is 13.2. The Bertz CT molecular complexity index is 607. The number of piperazine rings is 1. The van der Waals surface area contributed by atoms with Gasteiger partial charge in [0, 0.05) is 44.7 Å². The topological polar surface area (TPSA) is 38.8 Å². The molecule has 0 bridgehead atoms. The molecule has 0 spiro atoms. The summed E-state index contributed by atoms with van der Waals surface area (Å²) in [6.07, 6.45) is 2.37. The average molecular weight is 362 g/mol. The highest BCUT2D eigenvalue weighted by Gasteiger charge is 2.44. The molecule has 1 saturated carbocycles. The van der Waals surface area contributed by atoms with Crippen molar-refractivity contribution in [3.63, 3.8) is 0 Å². The van der Waals surface area contributed by atoms with E-state index in [1.54, 1.807) is 12.1 Å². The number of nitrogens with zero attached hydrogens (tertiary/aromatic N) is 3. The van der Waals surface area contributed by atoms with Crippen molar-refractivity contribution < 1.29 is 9.18 Å². The van der Waals surface area contributed by atoms with E-state index in [2.05, 4.69) is 22.2 Å². The van der Waals surface area contributed by atoms with Crippen molar-refractivity contribution in [1.29, 1.82) is 0 Å². The SMILES string of the molecule is CN1CCN(CC2(CNC(=O)[C@H](c3ccc(F)cc3)N(C)C)CC2)CC1. The fourth-order valence-electron chi connectivity index (χ4n) is 3.75. The minimum atomic E-state index is -0.393. The minimum Gasteiger partial charge on any atom is -0.354 e. The first-order valence-corrected chi connectivity index (χ1v) is 9.49. The third-order valence-corrected chi connectivity index (χ3v) is 5.70. The Morgan fingerprint density at radius 3 is 2.35 bits per heavy atom. The van der Waals surface area contributed by atoms with Crippen LogP contribution in [0.4, 0.5) is 4.39 Å². The number of carbonyl (C=O) groups excluding carboxylic acids is 1. The molecule has 2 aliphatic rings. The summed E-state index contributed by atoms with van der Waals surface area (Å²) in [6.45, 7) is 6.27. The van der Waals surface area contributed by atoms with E-state index in [0.29, 0.717) is 0 Å². The number of amides is 1. The lowest BCUT2D eigenvalue weighted by molar-refractivity contribution is -0.126. The minimum absolute atomic E-state index is 0.00809. The Kier molecular flexibility index (Phi) is 5.95. The lowest BCUT2D eigenvalue weighted by atomic mass is 10.0. The van der Waals surface area contributed by atoms with Gasteiger partial charge in [-0.15, -0.1) is 0 Å². The van der Waals surface area contributed by atoms with E-state index >= 15 is 0 Å². The average Bonchev–Trinajstić information content (AvgIpc) is 3.37. The van der Waals surface area contributed by atoms with Crippen molar-refractivity contribution in [2.75, 3.05) is 60.4 Å². The van der Waals surface area contributed by atoms with Crippen LogP contribution >= 0.6 is 0 Å². The number of likely N-dealkylation sites (N-methyl/N-ethyl adjacent to an activating group) is 2. The Labute approximate surface area is 156 Å². The molecule has 1 aliphatic carbocycles. The first-order valence-electron chi connectivity index (χ1n) is 9.49. The van der Waals surface area contributed by atoms with Gasteiger partial charge in [-0.2, -0.15) is 0 Å². The molecule has 0 unspecified atom stereocenters. The molecule has 1 N–H and O–H groups in total. The largest absolute Gasteiger partial charge is 0.354 e. The molecule has 26 heavy (non-hydrogen) atoms. The van der Waals surface area contributed by atoms with E-state index in [1.807, 2.05) is 19.0 Å². The zero-order valence-corrected chi connectivity index (χ0v) is 16.2. The summed E-state index contributed by atoms with van der Waals surface area (Å²) in [5, 5.41) is 3.17. The lowest BCUT2D eigenvalue weighted by Gasteiger charge is -2.35. The van der Waals surface area contributed by atoms with E-state index in [1.165, 1.54) is 25.0 Å². The fourth-order valence-corrected chi connectivity index (χ4v) is 3.75. The van der Waals surface area contributed by atoms with Crippen molar-refractivity contribution >= 4 is 5.91 Å². The van der Waals surface area contributed by atoms with Gasteiger partial charge < -0.3 is 15.1 Å². The van der Waals surface area contributed by atoms with Crippen LogP contribution in [0.3, 0.4) is 0 Å². The highest BCUT2D eigenvalue weighted by molar-refractivity contribution is 5.83. The van der Waals surface area contributed by atoms with Gasteiger partial charge in [-0.1, -0.05) is 12.1 Å². The summed E-state index contributed by atoms with van der Waals surface area (Å²) in [4.78, 5) is 19.6. The van der Waals surface area contributed by atoms with Crippen LogP contribution in [0.5, 0.6) is 0 Å². The molecule has 1 aromatic carbocycles. The molecule has 0 radical (unpaired) electrons. The van der Waals surface area contributed by atoms with Crippen LogP contribution in [-0.2, 0) is 4.79 Å². The predicted molar refractivity (Wildman–Crippen MR) is 101 cm³/mol. The Balaban J connectivity index is 1.55. The van der Waals surface area contributed by atoms with Gasteiger partial charge in [0.2, 0.25) is 5.91 Å². The summed E-state index contributed by atoms with van der Waals surface area (Å²) in [6, 6.07) is 5.81. The Hall–Kier alpha value is -1.50. The summed E-state index contributed by atoms with van der Waals surface area (Å²) in [7, 11) is 5.93. The third kappa shape index (κ3) is 4.81. The van der Waals surface area contributed by atoms with Crippen molar-refractivity contribution in [3.8, 4) is 0 Å². The summed E-state index contributed by atoms with van der Waals surface area (Å²) < 4.78 is 13.2. The molecule has 1 atom stereocenters. The van der Waals surface area contributed by atoms with Gasteiger partial charge in [0.15, 0.2) is 0 Å². The van der Waals surface area contributed by atoms with Crippen LogP contribution in [0.15, 0.2) is 24.3 Å². The van der Waals surface area contributed by atoms with Crippen LogP contribution in [0.1, 0.15) is 24.4 Å². The van der Waals surface area contributed by atoms with Crippen LogP contribution in [0, 0.1) is 11.2 Å². The van der Waals surface area contributed by atoms with E-state index < -0.39 is 6.04 Å². The maximum absolute atomic E-state index is 13.2. The van der Waals surface area contributed by atoms with E-state index in [9.17, 15) is 9.18 Å². The van der Waals surface area contributed by atoms with E-state index in [4.69, 9.17) is 0 Å². The van der Waals surface area contributed by atoms with Crippen molar-refractivity contribution in [3.05, 3.63) is 35.6 Å². The molecule has 2 fully saturated rings. The second kappa shape index (κ2) is 8.03. The van der Waals surface area contributed by atoms with Crippen LogP contribution in [0.2, 0.25) is 0 Å². The summed E-state index contributed by atoms with van der Waals surface area (Å²) >= 11 is 0. The van der Waals surface area contributed by atoms with Gasteiger partial charge in [0.25, 0.3) is 0 Å². The highest BCUT2D eigenvalue weighted by Crippen LogP contribution is 2.45. The van der Waals surface area contributed by atoms with Crippen LogP contribution < -0.4 is 5.32 Å². The smallest absolute Gasteiger partial charge is 0.241 e. The fraction of sp³-hybridized carbons (Fsp3) is 0.650. The monoisotopic (exact) mass is 362 g/mol. The zero-order chi connectivity index (χ0) is 18.7. The van der Waals surface area contributed by atoms with Crippen LogP contribution in [-0.4, -0.2) is 81.0 Å². The number of nitrogens with one attached hydrogen (secondary N) is 1. The molecule has 1 amide bonds. The van der Waals surface area contributed by atoms with Gasteiger partial charge in [0.1, 0.15) is 11.9 Å². The molecule has 3 rings (SSSR count). The zero-order valence-electron chi connectivity index (χ0n) is 16.2. The second-order valence-electron chi connectivity index (χ2n) is 8.21. The maximum Gasteiger partial charge on any atom is 0.241 e. The van der Waals surface area contributed by atoms with Crippen molar-refractivity contribution in [2.45, 2.75) is 18.9 Å². The molecular weight excluding hydrogens is 331 g/mol. The van der Waals surface area contributed by atoms with Crippen LogP contribution in [0.25, 0.3) is 0 Å². The number of halogens is 1. The van der Waals surface area contributed by atoms with E-state index in [0.717, 1.165) is 44.8 Å². The molecule has 1 aliphatic heterocycles. The molecule has 6 heteroatoms. The van der Waals surface area contributed by atoms with Crippen molar-refractivity contribution in [1.82, 2.24) is 20.0 Å². The molecular formula is C20H31FN4O. The number of carbonyl (C=O) groups is 1. The molecule has 1 saturated heterocycles. The third-order valence-electron chi connectivity index (χ3n) is 5.70. The highest BCUT2D eigenvalue weighted by atomic mass is 19.1. The van der Waals surface area contributed by atoms with E-state index in [-0.39, 0.29) is 17.1 Å². The van der Waals surface area contributed by atoms with Gasteiger partial charge in [-0.3, -0.25) is 9.69 Å². The molecule has 5 nitrogen and oxygen atoms in total.